The second-order valence-electron chi connectivity index (χ2n) is 4.98. The number of likely N-dealkylation sites (N-methyl/N-ethyl adjacent to an activating group) is 1. The van der Waals surface area contributed by atoms with Crippen LogP contribution in [0.1, 0.15) is 13.3 Å². The van der Waals surface area contributed by atoms with E-state index in [0.717, 1.165) is 23.1 Å². The number of anilines is 1. The third-order valence-electron chi connectivity index (χ3n) is 3.68. The van der Waals surface area contributed by atoms with Gasteiger partial charge in [-0.05, 0) is 48.5 Å². The summed E-state index contributed by atoms with van der Waals surface area (Å²) in [7, 11) is 1.88. The first-order valence-electron chi connectivity index (χ1n) is 6.45. The van der Waals surface area contributed by atoms with Gasteiger partial charge in [0.1, 0.15) is 6.04 Å². The fourth-order valence-electron chi connectivity index (χ4n) is 2.46. The van der Waals surface area contributed by atoms with Gasteiger partial charge in [0.05, 0.1) is 12.3 Å². The predicted molar refractivity (Wildman–Crippen MR) is 79.2 cm³/mol. The van der Waals surface area contributed by atoms with Crippen LogP contribution >= 0.6 is 15.9 Å². The Bertz CT molecular complexity index is 467. The van der Waals surface area contributed by atoms with E-state index in [-0.39, 0.29) is 18.6 Å². The molecule has 5 heteroatoms. The highest BCUT2D eigenvalue weighted by atomic mass is 79.9. The lowest BCUT2D eigenvalue weighted by atomic mass is 10.1. The first kappa shape index (κ1) is 14.5. The van der Waals surface area contributed by atoms with Crippen LogP contribution in [-0.4, -0.2) is 48.2 Å². The molecule has 1 amide bonds. The summed E-state index contributed by atoms with van der Waals surface area (Å²) >= 11 is 3.50. The minimum absolute atomic E-state index is 0.0399. The largest absolute Gasteiger partial charge is 0.394 e. The van der Waals surface area contributed by atoms with Crippen LogP contribution in [0.4, 0.5) is 5.69 Å². The second kappa shape index (κ2) is 6.03. The van der Waals surface area contributed by atoms with E-state index in [0.29, 0.717) is 0 Å². The van der Waals surface area contributed by atoms with Gasteiger partial charge in [-0.15, -0.1) is 0 Å². The molecule has 1 aliphatic heterocycles. The highest BCUT2D eigenvalue weighted by Crippen LogP contribution is 2.30. The van der Waals surface area contributed by atoms with Crippen LogP contribution < -0.4 is 4.90 Å². The summed E-state index contributed by atoms with van der Waals surface area (Å²) in [6.07, 6.45) is 0.889. The molecule has 19 heavy (non-hydrogen) atoms. The van der Waals surface area contributed by atoms with Gasteiger partial charge in [0.2, 0.25) is 5.91 Å². The number of para-hydroxylation sites is 1. The van der Waals surface area contributed by atoms with Crippen LogP contribution in [0, 0.1) is 0 Å². The Hall–Kier alpha value is -0.910. The Balaban J connectivity index is 2.41. The fourth-order valence-corrected chi connectivity index (χ4v) is 2.94. The Morgan fingerprint density at radius 2 is 2.11 bits per heavy atom. The van der Waals surface area contributed by atoms with Gasteiger partial charge < -0.3 is 10.0 Å². The van der Waals surface area contributed by atoms with E-state index in [1.807, 2.05) is 43.1 Å². The Kier molecular flexibility index (Phi) is 4.60. The van der Waals surface area contributed by atoms with Crippen LogP contribution in [0.3, 0.4) is 0 Å². The van der Waals surface area contributed by atoms with E-state index >= 15 is 0 Å². The minimum Gasteiger partial charge on any atom is -0.394 e. The highest BCUT2D eigenvalue weighted by Gasteiger charge is 2.35. The molecule has 104 valence electrons. The number of halogens is 1. The number of aliphatic hydroxyl groups excluding tert-OH is 1. The Labute approximate surface area is 122 Å². The number of hydrogen-bond donors (Lipinski definition) is 1. The molecule has 1 fully saturated rings. The Morgan fingerprint density at radius 3 is 2.74 bits per heavy atom. The van der Waals surface area contributed by atoms with Crippen LogP contribution in [0.15, 0.2) is 28.7 Å². The van der Waals surface area contributed by atoms with Gasteiger partial charge in [-0.25, -0.2) is 0 Å². The van der Waals surface area contributed by atoms with E-state index in [2.05, 4.69) is 15.9 Å². The zero-order chi connectivity index (χ0) is 14.0. The van der Waals surface area contributed by atoms with Crippen molar-refractivity contribution in [3.63, 3.8) is 0 Å². The maximum atomic E-state index is 12.7. The van der Waals surface area contributed by atoms with Gasteiger partial charge in [-0.2, -0.15) is 0 Å². The lowest BCUT2D eigenvalue weighted by Crippen LogP contribution is -2.48. The zero-order valence-electron chi connectivity index (χ0n) is 11.2. The van der Waals surface area contributed by atoms with Crippen molar-refractivity contribution in [3.8, 4) is 0 Å². The van der Waals surface area contributed by atoms with E-state index in [9.17, 15) is 9.90 Å². The SMILES string of the molecule is CC1CCN(C)C(CO)C(=O)N1c1ccccc1Br. The molecule has 1 aliphatic rings. The molecule has 0 aromatic heterocycles. The van der Waals surface area contributed by atoms with E-state index in [4.69, 9.17) is 0 Å². The summed E-state index contributed by atoms with van der Waals surface area (Å²) < 4.78 is 0.899. The maximum absolute atomic E-state index is 12.7. The fraction of sp³-hybridized carbons (Fsp3) is 0.500. The van der Waals surface area contributed by atoms with Gasteiger partial charge in [0, 0.05) is 17.1 Å². The Morgan fingerprint density at radius 1 is 1.42 bits per heavy atom. The number of benzene rings is 1. The van der Waals surface area contributed by atoms with Crippen LogP contribution in [0.5, 0.6) is 0 Å². The van der Waals surface area contributed by atoms with Crippen LogP contribution in [0.25, 0.3) is 0 Å². The van der Waals surface area contributed by atoms with Gasteiger partial charge >= 0.3 is 0 Å². The van der Waals surface area contributed by atoms with Crippen molar-refractivity contribution in [3.05, 3.63) is 28.7 Å². The number of carbonyl (C=O) groups excluding carboxylic acids is 1. The van der Waals surface area contributed by atoms with Gasteiger partial charge in [-0.1, -0.05) is 12.1 Å². The first-order chi connectivity index (χ1) is 9.06. The van der Waals surface area contributed by atoms with Gasteiger partial charge in [-0.3, -0.25) is 9.69 Å². The molecule has 0 bridgehead atoms. The molecular weight excluding hydrogens is 308 g/mol. The zero-order valence-corrected chi connectivity index (χ0v) is 12.8. The smallest absolute Gasteiger partial charge is 0.246 e. The molecular formula is C14H19BrN2O2. The standard InChI is InChI=1S/C14H19BrN2O2/c1-10-7-8-16(2)13(9-18)14(19)17(10)12-6-4-3-5-11(12)15/h3-6,10,13,18H,7-9H2,1-2H3. The summed E-state index contributed by atoms with van der Waals surface area (Å²) in [5.41, 5.74) is 0.869. The molecule has 1 aromatic rings. The number of amides is 1. The van der Waals surface area contributed by atoms with Crippen molar-refractivity contribution in [2.45, 2.75) is 25.4 Å². The summed E-state index contributed by atoms with van der Waals surface area (Å²) in [5, 5.41) is 9.48. The van der Waals surface area contributed by atoms with Crippen molar-refractivity contribution in [1.29, 1.82) is 0 Å². The van der Waals surface area contributed by atoms with Gasteiger partial charge in [0.15, 0.2) is 0 Å². The summed E-state index contributed by atoms with van der Waals surface area (Å²) in [4.78, 5) is 16.4. The topological polar surface area (TPSA) is 43.8 Å². The van der Waals surface area contributed by atoms with Crippen molar-refractivity contribution < 1.29 is 9.90 Å². The predicted octanol–water partition coefficient (Wildman–Crippen LogP) is 1.87. The molecule has 0 radical (unpaired) electrons. The molecule has 2 rings (SSSR count). The molecule has 0 spiro atoms. The normalized spacial score (nSPS) is 25.5. The molecule has 1 aromatic carbocycles. The van der Waals surface area contributed by atoms with E-state index < -0.39 is 6.04 Å². The van der Waals surface area contributed by atoms with Crippen molar-refractivity contribution >= 4 is 27.5 Å². The molecule has 2 unspecified atom stereocenters. The van der Waals surface area contributed by atoms with E-state index in [1.165, 1.54) is 0 Å². The summed E-state index contributed by atoms with van der Waals surface area (Å²) in [6.45, 7) is 2.70. The molecule has 1 N–H and O–H groups in total. The molecule has 0 aliphatic carbocycles. The summed E-state index contributed by atoms with van der Waals surface area (Å²) in [6, 6.07) is 7.36. The lowest BCUT2D eigenvalue weighted by molar-refractivity contribution is -0.124. The quantitative estimate of drug-likeness (QED) is 0.902. The number of aliphatic hydroxyl groups is 1. The molecule has 0 saturated carbocycles. The number of carbonyl (C=O) groups is 1. The number of rotatable bonds is 2. The molecule has 1 saturated heterocycles. The van der Waals surface area contributed by atoms with Crippen molar-refractivity contribution in [2.24, 2.45) is 0 Å². The maximum Gasteiger partial charge on any atom is 0.246 e. The molecule has 2 atom stereocenters. The average molecular weight is 327 g/mol. The van der Waals surface area contributed by atoms with Crippen LogP contribution in [-0.2, 0) is 4.79 Å². The highest BCUT2D eigenvalue weighted by molar-refractivity contribution is 9.10. The van der Waals surface area contributed by atoms with Gasteiger partial charge in [0.25, 0.3) is 0 Å². The van der Waals surface area contributed by atoms with E-state index in [1.54, 1.807) is 4.90 Å². The third-order valence-corrected chi connectivity index (χ3v) is 4.35. The minimum atomic E-state index is -0.461. The second-order valence-corrected chi connectivity index (χ2v) is 5.83. The molecule has 1 heterocycles. The van der Waals surface area contributed by atoms with Crippen molar-refractivity contribution in [2.75, 3.05) is 25.1 Å². The monoisotopic (exact) mass is 326 g/mol. The average Bonchev–Trinajstić information content (AvgIpc) is 2.49. The van der Waals surface area contributed by atoms with Crippen molar-refractivity contribution in [1.82, 2.24) is 4.90 Å². The third kappa shape index (κ3) is 2.83. The molecule has 4 nitrogen and oxygen atoms in total. The van der Waals surface area contributed by atoms with Crippen LogP contribution in [0.2, 0.25) is 0 Å². The number of nitrogens with zero attached hydrogens (tertiary/aromatic N) is 2. The number of hydrogen-bond acceptors (Lipinski definition) is 3. The first-order valence-corrected chi connectivity index (χ1v) is 7.24. The lowest BCUT2D eigenvalue weighted by Gasteiger charge is -2.30. The summed E-state index contributed by atoms with van der Waals surface area (Å²) in [5.74, 6) is -0.0399.